The minimum absolute atomic E-state index is 0.141. The molecule has 1 saturated heterocycles. The molecule has 0 bridgehead atoms. The van der Waals surface area contributed by atoms with Crippen molar-refractivity contribution in [1.82, 2.24) is 4.90 Å². The fourth-order valence-corrected chi connectivity index (χ4v) is 2.92. The molecule has 0 spiro atoms. The van der Waals surface area contributed by atoms with Crippen molar-refractivity contribution in [2.45, 2.75) is 33.2 Å². The monoisotopic (exact) mass is 213 g/mol. The molecule has 0 amide bonds. The van der Waals surface area contributed by atoms with E-state index in [0.717, 1.165) is 0 Å². The van der Waals surface area contributed by atoms with Gasteiger partial charge in [0, 0.05) is 24.4 Å². The smallest absolute Gasteiger partial charge is 0.0332 e. The Morgan fingerprint density at radius 3 is 2.64 bits per heavy atom. The van der Waals surface area contributed by atoms with E-state index in [1.54, 1.807) is 0 Å². The minimum atomic E-state index is 0.141. The van der Waals surface area contributed by atoms with E-state index in [-0.39, 0.29) is 5.54 Å². The van der Waals surface area contributed by atoms with Crippen LogP contribution in [0.5, 0.6) is 0 Å². The van der Waals surface area contributed by atoms with Crippen LogP contribution in [0.2, 0.25) is 0 Å². The van der Waals surface area contributed by atoms with E-state index in [1.807, 2.05) is 0 Å². The Kier molecular flexibility index (Phi) is 3.70. The standard InChI is InChI=1S/C12H23NS/c1-6-12(4,5)13-7-8-14-10-11(2,3)9-13/h6H,1,7-10H2,2-5H3. The van der Waals surface area contributed by atoms with Gasteiger partial charge in [-0.05, 0) is 25.0 Å². The second-order valence-corrected chi connectivity index (χ2v) is 6.60. The van der Waals surface area contributed by atoms with Gasteiger partial charge in [-0.15, -0.1) is 6.58 Å². The molecule has 1 aliphatic heterocycles. The zero-order chi connectivity index (χ0) is 10.8. The summed E-state index contributed by atoms with van der Waals surface area (Å²) in [7, 11) is 0. The highest BCUT2D eigenvalue weighted by atomic mass is 32.2. The van der Waals surface area contributed by atoms with Crippen LogP contribution in [-0.2, 0) is 0 Å². The van der Waals surface area contributed by atoms with Crippen molar-refractivity contribution < 1.29 is 0 Å². The first-order valence-electron chi connectivity index (χ1n) is 5.34. The van der Waals surface area contributed by atoms with Crippen LogP contribution in [0, 0.1) is 5.41 Å². The van der Waals surface area contributed by atoms with Gasteiger partial charge in [0.05, 0.1) is 0 Å². The molecule has 0 unspecified atom stereocenters. The lowest BCUT2D eigenvalue weighted by atomic mass is 9.92. The maximum atomic E-state index is 3.94. The highest BCUT2D eigenvalue weighted by Gasteiger charge is 2.31. The molecule has 1 nitrogen and oxygen atoms in total. The minimum Gasteiger partial charge on any atom is -0.293 e. The Balaban J connectivity index is 2.73. The summed E-state index contributed by atoms with van der Waals surface area (Å²) in [5, 5.41) is 0. The lowest BCUT2D eigenvalue weighted by Crippen LogP contribution is -2.47. The number of rotatable bonds is 2. The summed E-state index contributed by atoms with van der Waals surface area (Å²) < 4.78 is 0. The quantitative estimate of drug-likeness (QED) is 0.649. The van der Waals surface area contributed by atoms with Crippen LogP contribution in [0.1, 0.15) is 27.7 Å². The van der Waals surface area contributed by atoms with Crippen molar-refractivity contribution in [1.29, 1.82) is 0 Å². The second kappa shape index (κ2) is 4.28. The molecular formula is C12H23NS. The zero-order valence-electron chi connectivity index (χ0n) is 9.97. The maximum Gasteiger partial charge on any atom is 0.0332 e. The third kappa shape index (κ3) is 3.03. The summed E-state index contributed by atoms with van der Waals surface area (Å²) in [6, 6.07) is 0. The maximum absolute atomic E-state index is 3.94. The van der Waals surface area contributed by atoms with Gasteiger partial charge < -0.3 is 0 Å². The lowest BCUT2D eigenvalue weighted by molar-refractivity contribution is 0.125. The second-order valence-electron chi connectivity index (χ2n) is 5.50. The first-order valence-corrected chi connectivity index (χ1v) is 6.49. The molecule has 1 fully saturated rings. The molecule has 2 heteroatoms. The average molecular weight is 213 g/mol. The summed E-state index contributed by atoms with van der Waals surface area (Å²) in [6.07, 6.45) is 2.07. The predicted molar refractivity (Wildman–Crippen MR) is 67.0 cm³/mol. The molecular weight excluding hydrogens is 190 g/mol. The molecule has 0 aromatic heterocycles. The van der Waals surface area contributed by atoms with Gasteiger partial charge in [-0.1, -0.05) is 19.9 Å². The third-order valence-corrected chi connectivity index (χ3v) is 4.39. The fourth-order valence-electron chi connectivity index (χ4n) is 1.79. The SMILES string of the molecule is C=CC(C)(C)N1CCSCC(C)(C)C1. The number of hydrogen-bond donors (Lipinski definition) is 0. The lowest BCUT2D eigenvalue weighted by Gasteiger charge is -2.39. The van der Waals surface area contributed by atoms with Gasteiger partial charge in [-0.25, -0.2) is 0 Å². The van der Waals surface area contributed by atoms with Crippen LogP contribution in [0.4, 0.5) is 0 Å². The molecule has 82 valence electrons. The Hall–Kier alpha value is 0.0500. The van der Waals surface area contributed by atoms with E-state index in [0.29, 0.717) is 5.41 Å². The van der Waals surface area contributed by atoms with Crippen LogP contribution in [0.3, 0.4) is 0 Å². The average Bonchev–Trinajstić information content (AvgIpc) is 2.26. The molecule has 0 aromatic carbocycles. The number of thioether (sulfide) groups is 1. The normalized spacial score (nSPS) is 24.3. The van der Waals surface area contributed by atoms with E-state index >= 15 is 0 Å². The van der Waals surface area contributed by atoms with Crippen molar-refractivity contribution in [3.8, 4) is 0 Å². The molecule has 0 atom stereocenters. The van der Waals surface area contributed by atoms with Gasteiger partial charge in [-0.3, -0.25) is 4.90 Å². The van der Waals surface area contributed by atoms with E-state index in [9.17, 15) is 0 Å². The highest BCUT2D eigenvalue weighted by molar-refractivity contribution is 7.99. The van der Waals surface area contributed by atoms with Crippen molar-refractivity contribution in [2.75, 3.05) is 24.6 Å². The molecule has 1 heterocycles. The summed E-state index contributed by atoms with van der Waals surface area (Å²) >= 11 is 2.08. The zero-order valence-corrected chi connectivity index (χ0v) is 10.8. The first-order chi connectivity index (χ1) is 6.37. The number of hydrogen-bond acceptors (Lipinski definition) is 2. The fraction of sp³-hybridized carbons (Fsp3) is 0.833. The highest BCUT2D eigenvalue weighted by Crippen LogP contribution is 2.30. The van der Waals surface area contributed by atoms with Gasteiger partial charge in [0.1, 0.15) is 0 Å². The van der Waals surface area contributed by atoms with Gasteiger partial charge in [0.25, 0.3) is 0 Å². The van der Waals surface area contributed by atoms with E-state index in [2.05, 4.69) is 57.0 Å². The van der Waals surface area contributed by atoms with Gasteiger partial charge in [-0.2, -0.15) is 11.8 Å². The topological polar surface area (TPSA) is 3.24 Å². The molecule has 14 heavy (non-hydrogen) atoms. The van der Waals surface area contributed by atoms with E-state index in [4.69, 9.17) is 0 Å². The van der Waals surface area contributed by atoms with Gasteiger partial charge >= 0.3 is 0 Å². The van der Waals surface area contributed by atoms with Gasteiger partial charge in [0.15, 0.2) is 0 Å². The first kappa shape index (κ1) is 12.1. The van der Waals surface area contributed by atoms with E-state index in [1.165, 1.54) is 24.6 Å². The summed E-state index contributed by atoms with van der Waals surface area (Å²) in [5.41, 5.74) is 0.573. The summed E-state index contributed by atoms with van der Waals surface area (Å²) in [5.74, 6) is 2.53. The Morgan fingerprint density at radius 1 is 1.43 bits per heavy atom. The van der Waals surface area contributed by atoms with Crippen LogP contribution < -0.4 is 0 Å². The molecule has 0 radical (unpaired) electrons. The predicted octanol–water partition coefficient (Wildman–Crippen LogP) is 3.03. The summed E-state index contributed by atoms with van der Waals surface area (Å²) in [6.45, 7) is 15.5. The van der Waals surface area contributed by atoms with Crippen molar-refractivity contribution >= 4 is 11.8 Å². The van der Waals surface area contributed by atoms with Gasteiger partial charge in [0.2, 0.25) is 0 Å². The number of nitrogens with zero attached hydrogens (tertiary/aromatic N) is 1. The third-order valence-electron chi connectivity index (χ3n) is 2.93. The molecule has 0 aliphatic carbocycles. The van der Waals surface area contributed by atoms with Crippen LogP contribution in [0.25, 0.3) is 0 Å². The Labute approximate surface area is 92.9 Å². The van der Waals surface area contributed by atoms with Crippen LogP contribution in [0.15, 0.2) is 12.7 Å². The van der Waals surface area contributed by atoms with Crippen LogP contribution >= 0.6 is 11.8 Å². The van der Waals surface area contributed by atoms with E-state index < -0.39 is 0 Å². The Morgan fingerprint density at radius 2 is 2.07 bits per heavy atom. The van der Waals surface area contributed by atoms with Crippen molar-refractivity contribution in [3.63, 3.8) is 0 Å². The van der Waals surface area contributed by atoms with Crippen molar-refractivity contribution in [2.24, 2.45) is 5.41 Å². The molecule has 1 rings (SSSR count). The largest absolute Gasteiger partial charge is 0.293 e. The Bertz CT molecular complexity index is 208. The molecule has 0 N–H and O–H groups in total. The van der Waals surface area contributed by atoms with Crippen molar-refractivity contribution in [3.05, 3.63) is 12.7 Å². The summed E-state index contributed by atoms with van der Waals surface area (Å²) in [4.78, 5) is 2.56. The molecule has 1 aliphatic rings. The molecule has 0 aromatic rings. The molecule has 0 saturated carbocycles. The van der Waals surface area contributed by atoms with Crippen LogP contribution in [-0.4, -0.2) is 35.0 Å².